The summed E-state index contributed by atoms with van der Waals surface area (Å²) in [4.78, 5) is 10.1. The normalized spacial score (nSPS) is 9.93. The highest BCUT2D eigenvalue weighted by atomic mass is 28.1. The van der Waals surface area contributed by atoms with Gasteiger partial charge in [0, 0.05) is 22.9 Å². The third-order valence-corrected chi connectivity index (χ3v) is 1.81. The summed E-state index contributed by atoms with van der Waals surface area (Å²) in [5.74, 6) is 0.219. The van der Waals surface area contributed by atoms with Crippen molar-refractivity contribution in [1.29, 1.82) is 0 Å². The Bertz CT molecular complexity index is 332. The number of hydrogen-bond acceptors (Lipinski definition) is 4. The zero-order valence-corrected chi connectivity index (χ0v) is 9.01. The fourth-order valence-electron chi connectivity index (χ4n) is 0.966. The number of nitro benzene ring substituents is 1. The van der Waals surface area contributed by atoms with Gasteiger partial charge in [-0.05, 0) is 12.1 Å². The SMILES string of the molecule is O=[N+]([O-])c1ccccc1OCOCC[Si]. The van der Waals surface area contributed by atoms with Crippen molar-refractivity contribution in [3.05, 3.63) is 34.4 Å². The fourth-order valence-corrected chi connectivity index (χ4v) is 1.11. The highest BCUT2D eigenvalue weighted by Gasteiger charge is 2.12. The van der Waals surface area contributed by atoms with Crippen LogP contribution in [-0.2, 0) is 4.74 Å². The predicted octanol–water partition coefficient (Wildman–Crippen LogP) is 1.53. The summed E-state index contributed by atoms with van der Waals surface area (Å²) >= 11 is 0. The molecule has 0 aliphatic carbocycles. The van der Waals surface area contributed by atoms with Gasteiger partial charge in [0.25, 0.3) is 0 Å². The van der Waals surface area contributed by atoms with Crippen molar-refractivity contribution in [1.82, 2.24) is 0 Å². The summed E-state index contributed by atoms with van der Waals surface area (Å²) < 4.78 is 10.1. The third-order valence-electron chi connectivity index (χ3n) is 1.61. The highest BCUT2D eigenvalue weighted by Crippen LogP contribution is 2.25. The van der Waals surface area contributed by atoms with Gasteiger partial charge in [-0.1, -0.05) is 12.1 Å². The van der Waals surface area contributed by atoms with Crippen LogP contribution in [0, 0.1) is 10.1 Å². The molecule has 0 N–H and O–H groups in total. The zero-order valence-electron chi connectivity index (χ0n) is 8.01. The molecule has 0 aromatic heterocycles. The third kappa shape index (κ3) is 3.68. The van der Waals surface area contributed by atoms with E-state index in [1.54, 1.807) is 12.1 Å². The molecule has 79 valence electrons. The van der Waals surface area contributed by atoms with Crippen molar-refractivity contribution in [2.75, 3.05) is 13.4 Å². The van der Waals surface area contributed by atoms with E-state index in [1.807, 2.05) is 0 Å². The number of hydrogen-bond donors (Lipinski definition) is 0. The van der Waals surface area contributed by atoms with Crippen LogP contribution >= 0.6 is 0 Å². The van der Waals surface area contributed by atoms with Gasteiger partial charge in [-0.15, -0.1) is 0 Å². The minimum atomic E-state index is -0.487. The lowest BCUT2D eigenvalue weighted by Crippen LogP contribution is -2.05. The predicted molar refractivity (Wildman–Crippen MR) is 55.1 cm³/mol. The second kappa shape index (κ2) is 6.15. The van der Waals surface area contributed by atoms with E-state index >= 15 is 0 Å². The lowest BCUT2D eigenvalue weighted by atomic mass is 10.3. The second-order valence-corrected chi connectivity index (χ2v) is 3.15. The average molecular weight is 224 g/mol. The molecular weight excluding hydrogens is 214 g/mol. The van der Waals surface area contributed by atoms with Gasteiger partial charge in [-0.25, -0.2) is 0 Å². The van der Waals surface area contributed by atoms with Crippen LogP contribution in [0.3, 0.4) is 0 Å². The Balaban J connectivity index is 2.56. The van der Waals surface area contributed by atoms with Gasteiger partial charge in [0.2, 0.25) is 0 Å². The molecule has 0 spiro atoms. The van der Waals surface area contributed by atoms with E-state index in [-0.39, 0.29) is 18.2 Å². The first kappa shape index (κ1) is 11.7. The van der Waals surface area contributed by atoms with Crippen LogP contribution in [0.1, 0.15) is 0 Å². The van der Waals surface area contributed by atoms with Gasteiger partial charge >= 0.3 is 5.69 Å². The molecule has 1 rings (SSSR count). The number of nitrogens with zero attached hydrogens (tertiary/aromatic N) is 1. The van der Waals surface area contributed by atoms with Crippen LogP contribution in [0.4, 0.5) is 5.69 Å². The van der Waals surface area contributed by atoms with Gasteiger partial charge in [0.15, 0.2) is 12.5 Å². The molecule has 0 saturated carbocycles. The van der Waals surface area contributed by atoms with Crippen LogP contribution in [0.15, 0.2) is 24.3 Å². The Hall–Kier alpha value is -1.40. The van der Waals surface area contributed by atoms with Crippen LogP contribution in [0.2, 0.25) is 6.04 Å². The first-order valence-electron chi connectivity index (χ1n) is 4.34. The molecule has 1 aromatic carbocycles. The smallest absolute Gasteiger partial charge is 0.311 e. The van der Waals surface area contributed by atoms with E-state index < -0.39 is 4.92 Å². The molecule has 0 bridgehead atoms. The number of para-hydroxylation sites is 2. The van der Waals surface area contributed by atoms with Gasteiger partial charge < -0.3 is 9.47 Å². The number of rotatable bonds is 6. The Morgan fingerprint density at radius 3 is 2.80 bits per heavy atom. The fraction of sp³-hybridized carbons (Fsp3) is 0.333. The summed E-state index contributed by atoms with van der Waals surface area (Å²) in [6.45, 7) is 0.507. The lowest BCUT2D eigenvalue weighted by Gasteiger charge is -2.06. The number of ether oxygens (including phenoxy) is 2. The average Bonchev–Trinajstić information content (AvgIpc) is 2.25. The van der Waals surface area contributed by atoms with E-state index in [2.05, 4.69) is 10.2 Å². The van der Waals surface area contributed by atoms with Gasteiger partial charge in [-0.2, -0.15) is 0 Å². The number of nitro groups is 1. The largest absolute Gasteiger partial charge is 0.460 e. The maximum atomic E-state index is 10.6. The molecule has 3 radical (unpaired) electrons. The molecule has 1 aromatic rings. The molecule has 0 atom stereocenters. The Kier molecular flexibility index (Phi) is 4.79. The van der Waals surface area contributed by atoms with Crippen molar-refractivity contribution >= 4 is 15.9 Å². The van der Waals surface area contributed by atoms with E-state index in [4.69, 9.17) is 9.47 Å². The van der Waals surface area contributed by atoms with Crippen molar-refractivity contribution in [3.63, 3.8) is 0 Å². The van der Waals surface area contributed by atoms with Crippen molar-refractivity contribution in [2.45, 2.75) is 6.04 Å². The Morgan fingerprint density at radius 2 is 2.13 bits per heavy atom. The van der Waals surface area contributed by atoms with E-state index in [0.717, 1.165) is 0 Å². The molecular formula is C9H10NO4Si. The quantitative estimate of drug-likeness (QED) is 0.242. The lowest BCUT2D eigenvalue weighted by molar-refractivity contribution is -0.386. The second-order valence-electron chi connectivity index (χ2n) is 2.65. The molecule has 0 amide bonds. The minimum Gasteiger partial charge on any atom is -0.460 e. The Labute approximate surface area is 90.6 Å². The maximum Gasteiger partial charge on any atom is 0.311 e. The molecule has 0 unspecified atom stereocenters. The molecule has 15 heavy (non-hydrogen) atoms. The van der Waals surface area contributed by atoms with Gasteiger partial charge in [0.1, 0.15) is 0 Å². The first-order chi connectivity index (χ1) is 7.25. The monoisotopic (exact) mass is 224 g/mol. The van der Waals surface area contributed by atoms with Crippen molar-refractivity contribution in [2.24, 2.45) is 0 Å². The summed E-state index contributed by atoms with van der Waals surface area (Å²) in [6.07, 6.45) is 0. The van der Waals surface area contributed by atoms with E-state index in [0.29, 0.717) is 12.7 Å². The summed E-state index contributed by atoms with van der Waals surface area (Å²) in [6, 6.07) is 6.88. The molecule has 5 nitrogen and oxygen atoms in total. The van der Waals surface area contributed by atoms with Crippen LogP contribution < -0.4 is 4.74 Å². The molecule has 0 heterocycles. The molecule has 0 aliphatic rings. The van der Waals surface area contributed by atoms with E-state index in [9.17, 15) is 10.1 Å². The van der Waals surface area contributed by atoms with Gasteiger partial charge in [-0.3, -0.25) is 10.1 Å². The maximum absolute atomic E-state index is 10.6. The number of benzene rings is 1. The standard InChI is InChI=1S/C9H10NO4Si/c11-10(12)8-3-1-2-4-9(8)14-7-13-5-6-15/h1-4H,5-7H2. The summed E-state index contributed by atoms with van der Waals surface area (Å²) in [7, 11) is 3.23. The Morgan fingerprint density at radius 1 is 1.40 bits per heavy atom. The minimum absolute atomic E-state index is 0.00926. The molecule has 0 fully saturated rings. The molecule has 6 heteroatoms. The topological polar surface area (TPSA) is 61.6 Å². The van der Waals surface area contributed by atoms with Gasteiger partial charge in [0.05, 0.1) is 4.92 Å². The first-order valence-corrected chi connectivity index (χ1v) is 5.05. The van der Waals surface area contributed by atoms with Crippen LogP contribution in [-0.4, -0.2) is 28.6 Å². The van der Waals surface area contributed by atoms with Crippen molar-refractivity contribution in [3.8, 4) is 5.75 Å². The highest BCUT2D eigenvalue weighted by molar-refractivity contribution is 6.08. The van der Waals surface area contributed by atoms with Crippen molar-refractivity contribution < 1.29 is 14.4 Å². The molecule has 0 aliphatic heterocycles. The van der Waals surface area contributed by atoms with Crippen LogP contribution in [0.25, 0.3) is 0 Å². The zero-order chi connectivity index (χ0) is 11.1. The summed E-state index contributed by atoms with van der Waals surface area (Å²) in [5.41, 5.74) is -0.0560. The summed E-state index contributed by atoms with van der Waals surface area (Å²) in [5, 5.41) is 10.6. The van der Waals surface area contributed by atoms with Crippen LogP contribution in [0.5, 0.6) is 5.75 Å². The van der Waals surface area contributed by atoms with E-state index in [1.165, 1.54) is 12.1 Å². The molecule has 0 saturated heterocycles.